The van der Waals surface area contributed by atoms with E-state index in [0.717, 1.165) is 46.3 Å². The number of H-pyrrole nitrogens is 1. The molecule has 9 nitrogen and oxygen atoms in total. The van der Waals surface area contributed by atoms with Crippen molar-refractivity contribution in [3.63, 3.8) is 0 Å². The fourth-order valence-electron chi connectivity index (χ4n) is 6.13. The van der Waals surface area contributed by atoms with E-state index >= 15 is 0 Å². The number of nitrogens with zero attached hydrogens (tertiary/aromatic N) is 5. The Balaban J connectivity index is 1.16. The third-order valence-electron chi connectivity index (χ3n) is 8.13. The molecule has 1 saturated carbocycles. The van der Waals surface area contributed by atoms with Crippen molar-refractivity contribution in [3.8, 4) is 33.8 Å². The number of anilines is 1. The van der Waals surface area contributed by atoms with Gasteiger partial charge in [-0.25, -0.2) is 18.4 Å². The molecule has 0 bridgehead atoms. The van der Waals surface area contributed by atoms with Crippen LogP contribution in [-0.4, -0.2) is 36.1 Å². The topological polar surface area (TPSA) is 103 Å². The van der Waals surface area contributed by atoms with Crippen molar-refractivity contribution in [2.24, 2.45) is 5.92 Å². The van der Waals surface area contributed by atoms with Crippen molar-refractivity contribution in [3.05, 3.63) is 106 Å². The van der Waals surface area contributed by atoms with Crippen LogP contribution in [0.1, 0.15) is 42.0 Å². The Morgan fingerprint density at radius 1 is 1.12 bits per heavy atom. The summed E-state index contributed by atoms with van der Waals surface area (Å²) >= 11 is 6.33. The molecule has 3 atom stereocenters. The molecule has 42 heavy (non-hydrogen) atoms. The van der Waals surface area contributed by atoms with Gasteiger partial charge in [0.1, 0.15) is 23.9 Å². The van der Waals surface area contributed by atoms with E-state index in [9.17, 15) is 13.6 Å². The predicted octanol–water partition coefficient (Wildman–Crippen LogP) is 6.10. The fourth-order valence-corrected chi connectivity index (χ4v) is 6.30. The van der Waals surface area contributed by atoms with Crippen LogP contribution in [0.4, 0.5) is 14.5 Å². The van der Waals surface area contributed by atoms with Gasteiger partial charge in [-0.05, 0) is 54.3 Å². The predicted molar refractivity (Wildman–Crippen MR) is 152 cm³/mol. The second kappa shape index (κ2) is 9.12. The Kier molecular flexibility index (Phi) is 5.42. The molecular formula is C30H22ClF2N7O2. The molecule has 0 spiro atoms. The number of hydrogen-bond acceptors (Lipinski definition) is 6. The van der Waals surface area contributed by atoms with Crippen LogP contribution >= 0.6 is 11.6 Å². The molecule has 0 amide bonds. The number of fused-ring (bicyclic) bond motifs is 4. The summed E-state index contributed by atoms with van der Waals surface area (Å²) in [5.41, 5.74) is 5.45. The van der Waals surface area contributed by atoms with Gasteiger partial charge in [0.25, 0.3) is 12.0 Å². The molecule has 2 aliphatic heterocycles. The first-order valence-electron chi connectivity index (χ1n) is 13.4. The molecule has 5 heterocycles. The molecule has 1 fully saturated rings. The van der Waals surface area contributed by atoms with E-state index in [-0.39, 0.29) is 23.4 Å². The number of hydrogen-bond donors (Lipinski definition) is 2. The highest BCUT2D eigenvalue weighted by Crippen LogP contribution is 2.60. The van der Waals surface area contributed by atoms with Gasteiger partial charge in [-0.2, -0.15) is 0 Å². The highest BCUT2D eigenvalue weighted by molar-refractivity contribution is 6.31. The number of halogens is 3. The lowest BCUT2D eigenvalue weighted by Crippen LogP contribution is -2.26. The molecule has 5 aromatic rings. The lowest BCUT2D eigenvalue weighted by molar-refractivity contribution is 0.146. The van der Waals surface area contributed by atoms with Gasteiger partial charge in [0.05, 0.1) is 35.5 Å². The third-order valence-corrected chi connectivity index (χ3v) is 8.37. The lowest BCUT2D eigenvalue weighted by Gasteiger charge is -2.21. The lowest BCUT2D eigenvalue weighted by atomic mass is 10.0. The summed E-state index contributed by atoms with van der Waals surface area (Å²) in [6.45, 7) is 4.32. The summed E-state index contributed by atoms with van der Waals surface area (Å²) in [6, 6.07) is 14.2. The second-order valence-electron chi connectivity index (χ2n) is 10.8. The first-order chi connectivity index (χ1) is 20.3. The Morgan fingerprint density at radius 2 is 2.00 bits per heavy atom. The molecule has 12 heteroatoms. The second-order valence-corrected chi connectivity index (χ2v) is 11.2. The average molecular weight is 586 g/mol. The van der Waals surface area contributed by atoms with Crippen LogP contribution in [0.3, 0.4) is 0 Å². The zero-order chi connectivity index (χ0) is 28.7. The van der Waals surface area contributed by atoms with Crippen molar-refractivity contribution in [2.45, 2.75) is 24.8 Å². The Labute approximate surface area is 242 Å². The third kappa shape index (κ3) is 3.95. The quantitative estimate of drug-likeness (QED) is 0.258. The smallest absolute Gasteiger partial charge is 0.283 e. The summed E-state index contributed by atoms with van der Waals surface area (Å²) in [6.07, 6.45) is 1.16. The summed E-state index contributed by atoms with van der Waals surface area (Å²) < 4.78 is 35.3. The van der Waals surface area contributed by atoms with Crippen LogP contribution in [0.5, 0.6) is 5.75 Å². The Hall–Kier alpha value is -4.77. The van der Waals surface area contributed by atoms with Crippen LogP contribution in [-0.2, 0) is 0 Å². The molecule has 3 aliphatic rings. The van der Waals surface area contributed by atoms with Crippen molar-refractivity contribution >= 4 is 17.3 Å². The molecule has 1 aliphatic carbocycles. The van der Waals surface area contributed by atoms with Gasteiger partial charge >= 0.3 is 0 Å². The van der Waals surface area contributed by atoms with E-state index in [0.29, 0.717) is 28.4 Å². The highest BCUT2D eigenvalue weighted by Gasteiger charge is 2.54. The minimum Gasteiger partial charge on any atom is -0.485 e. The zero-order valence-electron chi connectivity index (χ0n) is 21.9. The normalized spacial score (nSPS) is 20.1. The number of rotatable bonds is 5. The monoisotopic (exact) mass is 585 g/mol. The number of imidazole rings is 1. The summed E-state index contributed by atoms with van der Waals surface area (Å²) in [4.78, 5) is 21.8. The summed E-state index contributed by atoms with van der Waals surface area (Å²) in [5.74, 6) is 1.93. The molecule has 3 aromatic heterocycles. The van der Waals surface area contributed by atoms with Crippen LogP contribution in [0.25, 0.3) is 28.1 Å². The minimum absolute atomic E-state index is 0.177. The summed E-state index contributed by atoms with van der Waals surface area (Å²) in [5, 5.41) is 11.1. The molecule has 8 rings (SSSR count). The number of benzene rings is 2. The molecule has 2 aromatic carbocycles. The van der Waals surface area contributed by atoms with Crippen molar-refractivity contribution in [1.29, 1.82) is 0 Å². The van der Waals surface area contributed by atoms with Gasteiger partial charge in [0.2, 0.25) is 0 Å². The van der Waals surface area contributed by atoms with E-state index in [2.05, 4.69) is 27.2 Å². The molecule has 0 saturated heterocycles. The number of ether oxygens (including phenoxy) is 1. The van der Waals surface area contributed by atoms with Crippen molar-refractivity contribution < 1.29 is 13.5 Å². The molecule has 2 N–H and O–H groups in total. The van der Waals surface area contributed by atoms with Crippen molar-refractivity contribution in [1.82, 2.24) is 29.5 Å². The minimum atomic E-state index is -2.75. The maximum atomic E-state index is 13.7. The maximum absolute atomic E-state index is 13.7. The maximum Gasteiger partial charge on any atom is 0.283 e. The van der Waals surface area contributed by atoms with E-state index in [1.807, 2.05) is 28.8 Å². The van der Waals surface area contributed by atoms with Gasteiger partial charge in [-0.1, -0.05) is 29.5 Å². The first-order valence-corrected chi connectivity index (χ1v) is 13.8. The van der Waals surface area contributed by atoms with Crippen LogP contribution in [0, 0.1) is 5.92 Å². The molecule has 3 unspecified atom stereocenters. The van der Waals surface area contributed by atoms with E-state index in [1.165, 1.54) is 10.9 Å². The zero-order valence-corrected chi connectivity index (χ0v) is 22.6. The number of pyridine rings is 1. The first kappa shape index (κ1) is 25.0. The van der Waals surface area contributed by atoms with Crippen LogP contribution in [0.15, 0.2) is 78.0 Å². The Morgan fingerprint density at radius 3 is 2.83 bits per heavy atom. The standard InChI is InChI=1S/C30H22ClF2N7O2/c1-14-13-42-26-7-15(2-4-21(26)35-14)22-11-34-30(36-22)28-20-10-19(20)25-6-16(8-27(41)40(25)28)18-9-17(31)3-5-24(18)39-12-23(29(32)33)37-38-39/h2-9,11-12,19-20,28-29,35H,1,10,13H2,(H,34,36). The SMILES string of the molecule is C=C1COc2cc(-c3cnc(C4C5CC5c5cc(-c6cc(Cl)ccc6-n6cc(C(F)F)nn6)cc(=O)n54)[nH]3)ccc2N1. The largest absolute Gasteiger partial charge is 0.485 e. The fraction of sp³-hybridized carbons (Fsp3) is 0.200. The van der Waals surface area contributed by atoms with Crippen molar-refractivity contribution in [2.75, 3.05) is 11.9 Å². The van der Waals surface area contributed by atoms with Gasteiger partial charge in [-0.3, -0.25) is 4.79 Å². The average Bonchev–Trinajstić information content (AvgIpc) is 3.30. The molecular weight excluding hydrogens is 564 g/mol. The number of nitrogens with one attached hydrogen (secondary N) is 2. The van der Waals surface area contributed by atoms with Crippen LogP contribution in [0.2, 0.25) is 5.02 Å². The van der Waals surface area contributed by atoms with E-state index < -0.39 is 12.1 Å². The van der Waals surface area contributed by atoms with Gasteiger partial charge in [-0.15, -0.1) is 5.10 Å². The molecule has 0 radical (unpaired) electrons. The van der Waals surface area contributed by atoms with Gasteiger partial charge < -0.3 is 19.6 Å². The number of alkyl halides is 2. The number of aromatic amines is 1. The summed E-state index contributed by atoms with van der Waals surface area (Å²) in [7, 11) is 0. The molecule has 210 valence electrons. The Bertz CT molecular complexity index is 1980. The van der Waals surface area contributed by atoms with Crippen LogP contribution < -0.4 is 15.6 Å². The van der Waals surface area contributed by atoms with E-state index in [4.69, 9.17) is 21.3 Å². The van der Waals surface area contributed by atoms with Gasteiger partial charge in [0.15, 0.2) is 0 Å². The van der Waals surface area contributed by atoms with Gasteiger partial charge in [0, 0.05) is 39.5 Å². The highest BCUT2D eigenvalue weighted by atomic mass is 35.5. The van der Waals surface area contributed by atoms with E-state index in [1.54, 1.807) is 30.5 Å². The number of aromatic nitrogens is 6.